The minimum atomic E-state index is 0.707. The first-order valence-electron chi connectivity index (χ1n) is 17.5. The van der Waals surface area contributed by atoms with Gasteiger partial charge in [0.15, 0.2) is 0 Å². The Morgan fingerprint density at radius 1 is 0.569 bits per heavy atom. The van der Waals surface area contributed by atoms with Gasteiger partial charge in [-0.05, 0) is 114 Å². The number of para-hydroxylation sites is 1. The summed E-state index contributed by atoms with van der Waals surface area (Å²) < 4.78 is 6.45. The summed E-state index contributed by atoms with van der Waals surface area (Å²) in [5.74, 6) is 1.72. The van der Waals surface area contributed by atoms with Crippen LogP contribution in [0.15, 0.2) is 140 Å². The Labute approximate surface area is 294 Å². The van der Waals surface area contributed by atoms with Crippen molar-refractivity contribution in [3.63, 3.8) is 0 Å². The summed E-state index contributed by atoms with van der Waals surface area (Å²) >= 11 is 0. The van der Waals surface area contributed by atoms with Crippen molar-refractivity contribution in [3.05, 3.63) is 161 Å². The monoisotopic (exact) mass is 648 g/mol. The number of hydrogen-bond donors (Lipinski definition) is 0. The maximum Gasteiger partial charge on any atom is 0.135 e. The van der Waals surface area contributed by atoms with Crippen LogP contribution < -0.4 is 15.2 Å². The van der Waals surface area contributed by atoms with E-state index in [1.54, 1.807) is 0 Å². The van der Waals surface area contributed by atoms with Crippen molar-refractivity contribution in [1.29, 1.82) is 5.26 Å². The molecule has 0 spiro atoms. The molecule has 51 heavy (non-hydrogen) atoms. The Morgan fingerprint density at radius 2 is 1.24 bits per heavy atom. The number of fused-ring (bicyclic) bond motifs is 3. The highest BCUT2D eigenvalue weighted by molar-refractivity contribution is 6.27. The van der Waals surface area contributed by atoms with Crippen molar-refractivity contribution in [2.75, 3.05) is 0 Å². The van der Waals surface area contributed by atoms with E-state index >= 15 is 0 Å². The summed E-state index contributed by atoms with van der Waals surface area (Å²) in [5.41, 5.74) is 11.2. The molecule has 0 radical (unpaired) electrons. The Morgan fingerprint density at radius 3 is 2.00 bits per heavy atom. The lowest BCUT2D eigenvalue weighted by Gasteiger charge is -2.24. The van der Waals surface area contributed by atoms with E-state index in [2.05, 4.69) is 132 Å². The lowest BCUT2D eigenvalue weighted by Crippen LogP contribution is -2.35. The maximum atomic E-state index is 9.81. The van der Waals surface area contributed by atoms with Gasteiger partial charge in [0.05, 0.1) is 17.1 Å². The quantitative estimate of drug-likeness (QED) is 0.179. The van der Waals surface area contributed by atoms with Gasteiger partial charge in [-0.2, -0.15) is 5.26 Å². The van der Waals surface area contributed by atoms with E-state index in [1.165, 1.54) is 54.6 Å². The molecular weight excluding hydrogens is 621 g/mol. The van der Waals surface area contributed by atoms with Crippen LogP contribution in [0.4, 0.5) is 0 Å². The van der Waals surface area contributed by atoms with Crippen molar-refractivity contribution in [3.8, 4) is 50.9 Å². The molecule has 8 aromatic carbocycles. The molecule has 0 fully saturated rings. The summed E-state index contributed by atoms with van der Waals surface area (Å²) in [7, 11) is 0. The molecule has 1 aliphatic carbocycles. The summed E-state index contributed by atoms with van der Waals surface area (Å²) in [6, 6.07) is 50.4. The number of benzene rings is 8. The zero-order chi connectivity index (χ0) is 33.6. The van der Waals surface area contributed by atoms with Gasteiger partial charge in [0.1, 0.15) is 11.5 Å². The smallest absolute Gasteiger partial charge is 0.135 e. The zero-order valence-electron chi connectivity index (χ0n) is 27.6. The first-order valence-corrected chi connectivity index (χ1v) is 17.5. The fraction of sp³-hybridized carbons (Fsp3) is 0.0417. The van der Waals surface area contributed by atoms with E-state index in [0.29, 0.717) is 5.56 Å². The number of rotatable bonds is 3. The van der Waals surface area contributed by atoms with E-state index < -0.39 is 0 Å². The molecule has 1 aliphatic heterocycles. The van der Waals surface area contributed by atoms with Crippen LogP contribution in [0, 0.1) is 11.3 Å². The third-order valence-corrected chi connectivity index (χ3v) is 11.0. The SMILES string of the molecule is N#Cc1ccc2c3c1=CCCC=3c1cc(-c3ccc4ccc5c(-c6ccc(-c7cccc8cccnc78)cc6)ccc6ccc3c4c65)ccc1O2. The van der Waals surface area contributed by atoms with Crippen LogP contribution >= 0.6 is 0 Å². The standard InChI is InChI=1S/C48H28N2O/c49-27-34-18-24-44-47-37(34)6-2-8-39(47)42-26-33(17-23-43(42)51-44)36-20-14-31-15-21-40-35(19-13-30-16-22-41(36)46(31)45(30)40)28-9-11-29(12-10-28)38-7-1-4-32-5-3-25-50-48(32)38/h1,3-7,9-26H,2,8H2. The van der Waals surface area contributed by atoms with Crippen LogP contribution in [0.5, 0.6) is 11.5 Å². The third-order valence-electron chi connectivity index (χ3n) is 11.0. The molecule has 1 aromatic heterocycles. The molecule has 0 saturated heterocycles. The molecule has 9 aromatic rings. The van der Waals surface area contributed by atoms with E-state index in [0.717, 1.165) is 67.9 Å². The molecule has 3 nitrogen and oxygen atoms in total. The van der Waals surface area contributed by atoms with Gasteiger partial charge in [-0.15, -0.1) is 0 Å². The zero-order valence-corrected chi connectivity index (χ0v) is 27.6. The largest absolute Gasteiger partial charge is 0.456 e. The van der Waals surface area contributed by atoms with E-state index in [9.17, 15) is 5.26 Å². The van der Waals surface area contributed by atoms with Crippen molar-refractivity contribution >= 4 is 54.9 Å². The number of nitriles is 1. The Balaban J connectivity index is 1.06. The van der Waals surface area contributed by atoms with Crippen LogP contribution in [0.2, 0.25) is 0 Å². The molecule has 0 bridgehead atoms. The van der Waals surface area contributed by atoms with E-state index in [4.69, 9.17) is 4.74 Å². The van der Waals surface area contributed by atoms with E-state index in [-0.39, 0.29) is 0 Å². The number of pyridine rings is 1. The second-order valence-electron chi connectivity index (χ2n) is 13.7. The average Bonchev–Trinajstić information content (AvgIpc) is 3.20. The van der Waals surface area contributed by atoms with Crippen molar-refractivity contribution in [2.24, 2.45) is 0 Å². The fourth-order valence-corrected chi connectivity index (χ4v) is 8.67. The lowest BCUT2D eigenvalue weighted by molar-refractivity contribution is 0.470. The van der Waals surface area contributed by atoms with E-state index in [1.807, 2.05) is 24.4 Å². The van der Waals surface area contributed by atoms with Crippen molar-refractivity contribution in [1.82, 2.24) is 4.98 Å². The Kier molecular flexibility index (Phi) is 5.85. The topological polar surface area (TPSA) is 45.9 Å². The molecular formula is C48H28N2O. The second kappa shape index (κ2) is 10.6. The fourth-order valence-electron chi connectivity index (χ4n) is 8.67. The number of nitrogens with zero attached hydrogens (tertiary/aromatic N) is 2. The van der Waals surface area contributed by atoms with Crippen LogP contribution in [-0.2, 0) is 0 Å². The molecule has 3 heteroatoms. The molecule has 11 rings (SSSR count). The molecule has 2 heterocycles. The normalized spacial score (nSPS) is 13.2. The van der Waals surface area contributed by atoms with Gasteiger partial charge in [-0.25, -0.2) is 0 Å². The Hall–Kier alpha value is -6.76. The van der Waals surface area contributed by atoms with Gasteiger partial charge in [0.2, 0.25) is 0 Å². The van der Waals surface area contributed by atoms with Crippen LogP contribution in [0.3, 0.4) is 0 Å². The molecule has 0 saturated carbocycles. The van der Waals surface area contributed by atoms with Crippen LogP contribution in [-0.4, -0.2) is 4.98 Å². The number of hydrogen-bond acceptors (Lipinski definition) is 3. The summed E-state index contributed by atoms with van der Waals surface area (Å²) in [5, 5.41) is 20.6. The van der Waals surface area contributed by atoms with Crippen molar-refractivity contribution < 1.29 is 4.74 Å². The molecule has 0 unspecified atom stereocenters. The first kappa shape index (κ1) is 28.1. The lowest BCUT2D eigenvalue weighted by atomic mass is 9.85. The highest BCUT2D eigenvalue weighted by atomic mass is 16.5. The Bertz CT molecular complexity index is 3110. The highest BCUT2D eigenvalue weighted by Crippen LogP contribution is 2.44. The second-order valence-corrected chi connectivity index (χ2v) is 13.7. The summed E-state index contributed by atoms with van der Waals surface area (Å²) in [6.45, 7) is 0. The van der Waals surface area contributed by atoms with Gasteiger partial charge in [-0.1, -0.05) is 109 Å². The predicted molar refractivity (Wildman–Crippen MR) is 208 cm³/mol. The first-order chi connectivity index (χ1) is 25.2. The minimum Gasteiger partial charge on any atom is -0.456 e. The van der Waals surface area contributed by atoms with Crippen LogP contribution in [0.1, 0.15) is 24.0 Å². The van der Waals surface area contributed by atoms with Gasteiger partial charge in [0.25, 0.3) is 0 Å². The molecule has 236 valence electrons. The summed E-state index contributed by atoms with van der Waals surface area (Å²) in [4.78, 5) is 4.69. The van der Waals surface area contributed by atoms with Crippen molar-refractivity contribution in [2.45, 2.75) is 12.8 Å². The highest BCUT2D eigenvalue weighted by Gasteiger charge is 2.23. The average molecular weight is 649 g/mol. The maximum absolute atomic E-state index is 9.81. The van der Waals surface area contributed by atoms with Gasteiger partial charge >= 0.3 is 0 Å². The molecule has 2 aliphatic rings. The van der Waals surface area contributed by atoms with Gasteiger partial charge in [-0.3, -0.25) is 4.98 Å². The minimum absolute atomic E-state index is 0.707. The number of ether oxygens (including phenoxy) is 1. The number of aromatic nitrogens is 1. The predicted octanol–water partition coefficient (Wildman–Crippen LogP) is 10.9. The molecule has 0 amide bonds. The molecule has 0 atom stereocenters. The molecule has 0 N–H and O–H groups in total. The third kappa shape index (κ3) is 4.08. The van der Waals surface area contributed by atoms with Crippen LogP contribution in [0.25, 0.3) is 88.3 Å². The summed E-state index contributed by atoms with van der Waals surface area (Å²) in [6.07, 6.45) is 5.89. The van der Waals surface area contributed by atoms with Gasteiger partial charge in [0, 0.05) is 27.9 Å². The van der Waals surface area contributed by atoms with Gasteiger partial charge < -0.3 is 4.74 Å².